The zero-order chi connectivity index (χ0) is 15.2. The lowest BCUT2D eigenvalue weighted by Gasteiger charge is -2.13. The molecule has 0 fully saturated rings. The lowest BCUT2D eigenvalue weighted by Crippen LogP contribution is -2.26. The lowest BCUT2D eigenvalue weighted by molar-refractivity contribution is -0.131. The number of aliphatic carboxylic acids is 1. The number of carboxylic acid groups (broad SMARTS) is 1. The van der Waals surface area contributed by atoms with E-state index >= 15 is 0 Å². The van der Waals surface area contributed by atoms with E-state index in [4.69, 9.17) is 5.11 Å². The van der Waals surface area contributed by atoms with Gasteiger partial charge in [-0.1, -0.05) is 6.07 Å². The number of nitrogens with zero attached hydrogens (tertiary/aromatic N) is 1. The number of carbonyl (C=O) groups is 2. The molecule has 108 valence electrons. The number of carbonyl (C=O) groups excluding carboxylic acids is 1. The van der Waals surface area contributed by atoms with Crippen LogP contribution < -0.4 is 5.32 Å². The van der Waals surface area contributed by atoms with E-state index < -0.39 is 5.97 Å². The van der Waals surface area contributed by atoms with Crippen LogP contribution in [-0.2, 0) is 4.79 Å². The standard InChI is InChI=1S/C15H14N2O3S/c1-10(12-3-2-7-16-9-12)17-15(20)14-11(6-8-21-14)4-5-13(18)19/h2-10H,1H3,(H,17,20)(H,18,19). The van der Waals surface area contributed by atoms with Crippen LogP contribution >= 0.6 is 11.3 Å². The van der Waals surface area contributed by atoms with Crippen LogP contribution in [0.3, 0.4) is 0 Å². The predicted molar refractivity (Wildman–Crippen MR) is 81.1 cm³/mol. The third-order valence-corrected chi connectivity index (χ3v) is 3.77. The second-order valence-electron chi connectivity index (χ2n) is 4.36. The summed E-state index contributed by atoms with van der Waals surface area (Å²) in [7, 11) is 0. The molecule has 0 spiro atoms. The van der Waals surface area contributed by atoms with E-state index in [9.17, 15) is 9.59 Å². The van der Waals surface area contributed by atoms with Crippen molar-refractivity contribution in [3.05, 3.63) is 58.1 Å². The maximum absolute atomic E-state index is 12.3. The summed E-state index contributed by atoms with van der Waals surface area (Å²) in [5.41, 5.74) is 1.50. The summed E-state index contributed by atoms with van der Waals surface area (Å²) in [4.78, 5) is 27.3. The molecule has 2 N–H and O–H groups in total. The third kappa shape index (κ3) is 4.00. The van der Waals surface area contributed by atoms with E-state index in [2.05, 4.69) is 10.3 Å². The monoisotopic (exact) mass is 302 g/mol. The summed E-state index contributed by atoms with van der Waals surface area (Å²) < 4.78 is 0. The van der Waals surface area contributed by atoms with Crippen molar-refractivity contribution < 1.29 is 14.7 Å². The first kappa shape index (κ1) is 14.9. The Morgan fingerprint density at radius 2 is 2.24 bits per heavy atom. The van der Waals surface area contributed by atoms with Gasteiger partial charge in [-0.2, -0.15) is 0 Å². The van der Waals surface area contributed by atoms with E-state index in [0.717, 1.165) is 11.6 Å². The number of thiophene rings is 1. The van der Waals surface area contributed by atoms with Crippen molar-refractivity contribution in [1.82, 2.24) is 10.3 Å². The smallest absolute Gasteiger partial charge is 0.328 e. The van der Waals surface area contributed by atoms with Gasteiger partial charge in [0.15, 0.2) is 0 Å². The minimum atomic E-state index is -1.05. The SMILES string of the molecule is CC(NC(=O)c1sccc1C=CC(=O)O)c1cccnc1. The Kier molecular flexibility index (Phi) is 4.84. The molecule has 0 bridgehead atoms. The highest BCUT2D eigenvalue weighted by molar-refractivity contribution is 7.12. The molecular weight excluding hydrogens is 288 g/mol. The zero-order valence-corrected chi connectivity index (χ0v) is 12.1. The Balaban J connectivity index is 2.11. The second kappa shape index (κ2) is 6.81. The summed E-state index contributed by atoms with van der Waals surface area (Å²) in [6.07, 6.45) is 5.81. The summed E-state index contributed by atoms with van der Waals surface area (Å²) in [5, 5.41) is 13.3. The van der Waals surface area contributed by atoms with Gasteiger partial charge in [0.25, 0.3) is 5.91 Å². The molecule has 21 heavy (non-hydrogen) atoms. The minimum absolute atomic E-state index is 0.176. The maximum atomic E-state index is 12.3. The van der Waals surface area contributed by atoms with Gasteiger partial charge in [0.05, 0.1) is 10.9 Å². The van der Waals surface area contributed by atoms with Crippen LogP contribution in [0.2, 0.25) is 0 Å². The largest absolute Gasteiger partial charge is 0.478 e. The van der Waals surface area contributed by atoms with Crippen LogP contribution in [0, 0.1) is 0 Å². The van der Waals surface area contributed by atoms with Crippen LogP contribution in [0.4, 0.5) is 0 Å². The van der Waals surface area contributed by atoms with Gasteiger partial charge in [-0.25, -0.2) is 4.79 Å². The molecule has 0 saturated carbocycles. The molecule has 5 nitrogen and oxygen atoms in total. The molecule has 1 atom stereocenters. The van der Waals surface area contributed by atoms with Crippen LogP contribution in [0.1, 0.15) is 33.8 Å². The fraction of sp³-hybridized carbons (Fsp3) is 0.133. The number of nitrogens with one attached hydrogen (secondary N) is 1. The first-order valence-electron chi connectivity index (χ1n) is 6.27. The van der Waals surface area contributed by atoms with Crippen molar-refractivity contribution in [3.8, 4) is 0 Å². The van der Waals surface area contributed by atoms with Gasteiger partial charge in [-0.05, 0) is 41.6 Å². The van der Waals surface area contributed by atoms with Gasteiger partial charge < -0.3 is 10.4 Å². The Morgan fingerprint density at radius 1 is 1.43 bits per heavy atom. The Morgan fingerprint density at radius 3 is 2.90 bits per heavy atom. The molecule has 0 aliphatic heterocycles. The van der Waals surface area contributed by atoms with Crippen molar-refractivity contribution in [2.45, 2.75) is 13.0 Å². The van der Waals surface area contributed by atoms with E-state index in [-0.39, 0.29) is 11.9 Å². The topological polar surface area (TPSA) is 79.3 Å². The Labute approximate surface area is 126 Å². The average molecular weight is 302 g/mol. The van der Waals surface area contributed by atoms with Crippen LogP contribution in [0.15, 0.2) is 42.0 Å². The fourth-order valence-electron chi connectivity index (χ4n) is 1.77. The molecule has 6 heteroatoms. The fourth-order valence-corrected chi connectivity index (χ4v) is 2.56. The average Bonchev–Trinajstić information content (AvgIpc) is 2.94. The normalized spacial score (nSPS) is 12.2. The molecule has 2 rings (SSSR count). The molecule has 2 heterocycles. The van der Waals surface area contributed by atoms with Gasteiger partial charge >= 0.3 is 5.97 Å². The van der Waals surface area contributed by atoms with Gasteiger partial charge in [0, 0.05) is 18.5 Å². The molecule has 1 unspecified atom stereocenters. The van der Waals surface area contributed by atoms with Crippen molar-refractivity contribution in [2.75, 3.05) is 0 Å². The molecule has 1 amide bonds. The maximum Gasteiger partial charge on any atom is 0.328 e. The Bertz CT molecular complexity index is 665. The minimum Gasteiger partial charge on any atom is -0.478 e. The zero-order valence-electron chi connectivity index (χ0n) is 11.3. The molecule has 2 aromatic heterocycles. The molecule has 0 radical (unpaired) electrons. The first-order valence-corrected chi connectivity index (χ1v) is 7.15. The van der Waals surface area contributed by atoms with Gasteiger partial charge in [-0.15, -0.1) is 11.3 Å². The number of hydrogen-bond acceptors (Lipinski definition) is 4. The van der Waals surface area contributed by atoms with E-state index in [1.165, 1.54) is 17.4 Å². The van der Waals surface area contributed by atoms with Crippen LogP contribution in [0.5, 0.6) is 0 Å². The molecule has 0 saturated heterocycles. The van der Waals surface area contributed by atoms with Gasteiger partial charge in [-0.3, -0.25) is 9.78 Å². The van der Waals surface area contributed by atoms with Crippen molar-refractivity contribution in [2.24, 2.45) is 0 Å². The summed E-state index contributed by atoms with van der Waals surface area (Å²) in [5.74, 6) is -1.28. The van der Waals surface area contributed by atoms with Crippen molar-refractivity contribution >= 4 is 29.3 Å². The third-order valence-electron chi connectivity index (χ3n) is 2.84. The van der Waals surface area contributed by atoms with E-state index in [1.54, 1.807) is 23.8 Å². The Hall–Kier alpha value is -2.47. The number of rotatable bonds is 5. The molecule has 0 aliphatic carbocycles. The molecule has 2 aromatic rings. The lowest BCUT2D eigenvalue weighted by atomic mass is 10.1. The predicted octanol–water partition coefficient (Wildman–Crippen LogP) is 2.73. The number of aromatic nitrogens is 1. The highest BCUT2D eigenvalue weighted by Crippen LogP contribution is 2.20. The highest BCUT2D eigenvalue weighted by Gasteiger charge is 2.15. The summed E-state index contributed by atoms with van der Waals surface area (Å²) in [6.45, 7) is 1.87. The summed E-state index contributed by atoms with van der Waals surface area (Å²) in [6, 6.07) is 5.24. The van der Waals surface area contributed by atoms with Crippen molar-refractivity contribution in [3.63, 3.8) is 0 Å². The van der Waals surface area contributed by atoms with Gasteiger partial charge in [0.1, 0.15) is 0 Å². The van der Waals surface area contributed by atoms with Crippen LogP contribution in [0.25, 0.3) is 6.08 Å². The number of carboxylic acids is 1. The van der Waals surface area contributed by atoms with Gasteiger partial charge in [0.2, 0.25) is 0 Å². The van der Waals surface area contributed by atoms with Crippen LogP contribution in [-0.4, -0.2) is 22.0 Å². The number of hydrogen-bond donors (Lipinski definition) is 2. The quantitative estimate of drug-likeness (QED) is 0.832. The first-order chi connectivity index (χ1) is 10.1. The number of amides is 1. The van der Waals surface area contributed by atoms with E-state index in [1.807, 2.05) is 19.1 Å². The van der Waals surface area contributed by atoms with Crippen molar-refractivity contribution in [1.29, 1.82) is 0 Å². The summed E-state index contributed by atoms with van der Waals surface area (Å²) >= 11 is 1.27. The molecule has 0 aromatic carbocycles. The second-order valence-corrected chi connectivity index (χ2v) is 5.27. The highest BCUT2D eigenvalue weighted by atomic mass is 32.1. The molecule has 0 aliphatic rings. The molecular formula is C15H14N2O3S. The number of pyridine rings is 1. The van der Waals surface area contributed by atoms with E-state index in [0.29, 0.717) is 10.4 Å².